The van der Waals surface area contributed by atoms with E-state index in [1.807, 2.05) is 62.4 Å². The maximum Gasteiger partial charge on any atom is 0.232 e. The molecule has 0 aliphatic heterocycles. The van der Waals surface area contributed by atoms with Gasteiger partial charge < -0.3 is 0 Å². The predicted octanol–water partition coefficient (Wildman–Crippen LogP) is 3.46. The Labute approximate surface area is 136 Å². The summed E-state index contributed by atoms with van der Waals surface area (Å²) in [6.07, 6.45) is 3.22. The molecule has 5 heteroatoms. The number of rotatable bonds is 4. The van der Waals surface area contributed by atoms with Gasteiger partial charge in [-0.05, 0) is 36.6 Å². The molecule has 0 fully saturated rings. The number of aromatic nitrogens is 2. The molecule has 1 aromatic heterocycles. The minimum Gasteiger partial charge on any atom is -0.290 e. The van der Waals surface area contributed by atoms with Gasteiger partial charge in [0, 0.05) is 12.4 Å². The van der Waals surface area contributed by atoms with Gasteiger partial charge in [0.1, 0.15) is 0 Å². The fraction of sp³-hybridized carbons (Fsp3) is 0.167. The fourth-order valence-electron chi connectivity index (χ4n) is 2.54. The van der Waals surface area contributed by atoms with Gasteiger partial charge in [0.25, 0.3) is 0 Å². The molecule has 0 amide bonds. The van der Waals surface area contributed by atoms with Crippen molar-refractivity contribution in [3.8, 4) is 5.69 Å². The summed E-state index contributed by atoms with van der Waals surface area (Å²) in [6.45, 7) is 3.94. The van der Waals surface area contributed by atoms with Crippen molar-refractivity contribution in [3.63, 3.8) is 0 Å². The molecule has 2 aromatic carbocycles. The summed E-state index contributed by atoms with van der Waals surface area (Å²) in [7, 11) is -3.53. The Balaban J connectivity index is 2.05. The van der Waals surface area contributed by atoms with Gasteiger partial charge in [0.2, 0.25) is 15.0 Å². The molecule has 0 aliphatic carbocycles. The molecule has 4 nitrogen and oxygen atoms in total. The van der Waals surface area contributed by atoms with Gasteiger partial charge in [0.15, 0.2) is 0 Å². The van der Waals surface area contributed by atoms with Gasteiger partial charge in [-0.15, -0.1) is 0 Å². The van der Waals surface area contributed by atoms with E-state index in [-0.39, 0.29) is 10.9 Å². The highest BCUT2D eigenvalue weighted by atomic mass is 32.2. The molecule has 1 heterocycles. The normalized spacial score (nSPS) is 11.6. The number of benzene rings is 2. The Kier molecular flexibility index (Phi) is 4.05. The van der Waals surface area contributed by atoms with Crippen LogP contribution in [-0.2, 0) is 15.6 Å². The van der Waals surface area contributed by atoms with Crippen LogP contribution in [0.2, 0.25) is 0 Å². The molecule has 0 N–H and O–H groups in total. The molecule has 3 rings (SSSR count). The molecule has 0 atom stereocenters. The van der Waals surface area contributed by atoms with Crippen LogP contribution in [0.5, 0.6) is 0 Å². The quantitative estimate of drug-likeness (QED) is 0.738. The molecule has 0 radical (unpaired) electrons. The summed E-state index contributed by atoms with van der Waals surface area (Å²) in [5, 5.41) is 0.0788. The zero-order valence-electron chi connectivity index (χ0n) is 13.1. The van der Waals surface area contributed by atoms with Gasteiger partial charge in [-0.2, -0.15) is 0 Å². The van der Waals surface area contributed by atoms with Crippen LogP contribution in [0.3, 0.4) is 0 Å². The standard InChI is InChI=1S/C18H18N2O2S/c1-14-8-9-15(2)17(12-14)20-11-10-19-18(20)23(21,22)13-16-6-4-3-5-7-16/h3-12H,13H2,1-2H3. The van der Waals surface area contributed by atoms with E-state index >= 15 is 0 Å². The van der Waals surface area contributed by atoms with Crippen LogP contribution in [-0.4, -0.2) is 18.0 Å². The molecule has 0 saturated heterocycles. The van der Waals surface area contributed by atoms with Gasteiger partial charge in [0.05, 0.1) is 11.4 Å². The van der Waals surface area contributed by atoms with Crippen molar-refractivity contribution in [1.29, 1.82) is 0 Å². The number of imidazole rings is 1. The third-order valence-corrected chi connectivity index (χ3v) is 5.28. The molecule has 0 saturated carbocycles. The van der Waals surface area contributed by atoms with E-state index < -0.39 is 9.84 Å². The minimum atomic E-state index is -3.53. The average Bonchev–Trinajstić information content (AvgIpc) is 3.00. The van der Waals surface area contributed by atoms with E-state index in [4.69, 9.17) is 0 Å². The third-order valence-electron chi connectivity index (χ3n) is 3.71. The Morgan fingerprint density at radius 2 is 1.78 bits per heavy atom. The second-order valence-electron chi connectivity index (χ2n) is 5.61. The van der Waals surface area contributed by atoms with Crippen LogP contribution in [0.4, 0.5) is 0 Å². The van der Waals surface area contributed by atoms with Crippen molar-refractivity contribution in [2.24, 2.45) is 0 Å². The second kappa shape index (κ2) is 6.01. The van der Waals surface area contributed by atoms with Gasteiger partial charge in [-0.3, -0.25) is 4.57 Å². The lowest BCUT2D eigenvalue weighted by molar-refractivity contribution is 0.583. The molecule has 0 unspecified atom stereocenters. The Morgan fingerprint density at radius 3 is 2.52 bits per heavy atom. The first-order valence-corrected chi connectivity index (χ1v) is 9.00. The molecular weight excluding hydrogens is 308 g/mol. The smallest absolute Gasteiger partial charge is 0.232 e. The van der Waals surface area contributed by atoms with E-state index in [2.05, 4.69) is 4.98 Å². The average molecular weight is 326 g/mol. The van der Waals surface area contributed by atoms with Crippen LogP contribution in [0.25, 0.3) is 5.69 Å². The summed E-state index contributed by atoms with van der Waals surface area (Å²) in [5.74, 6) is -0.0598. The largest absolute Gasteiger partial charge is 0.290 e. The van der Waals surface area contributed by atoms with E-state index in [0.29, 0.717) is 0 Å². The molecular formula is C18H18N2O2S. The Morgan fingerprint density at radius 1 is 1.04 bits per heavy atom. The molecule has 0 aliphatic rings. The van der Waals surface area contributed by atoms with Crippen molar-refractivity contribution in [3.05, 3.63) is 77.6 Å². The first-order valence-electron chi connectivity index (χ1n) is 7.35. The van der Waals surface area contributed by atoms with Crippen molar-refractivity contribution >= 4 is 9.84 Å². The lowest BCUT2D eigenvalue weighted by Crippen LogP contribution is -2.12. The first kappa shape index (κ1) is 15.5. The number of aryl methyl sites for hydroxylation is 2. The number of nitrogens with zero attached hydrogens (tertiary/aromatic N) is 2. The SMILES string of the molecule is Cc1ccc(C)c(-n2ccnc2S(=O)(=O)Cc2ccccc2)c1. The maximum absolute atomic E-state index is 12.8. The second-order valence-corrected chi connectivity index (χ2v) is 7.50. The molecule has 0 bridgehead atoms. The monoisotopic (exact) mass is 326 g/mol. The third kappa shape index (κ3) is 3.19. The number of sulfone groups is 1. The number of hydrogen-bond acceptors (Lipinski definition) is 3. The van der Waals surface area contributed by atoms with E-state index in [1.54, 1.807) is 10.8 Å². The van der Waals surface area contributed by atoms with Crippen LogP contribution < -0.4 is 0 Å². The summed E-state index contributed by atoms with van der Waals surface area (Å²) in [4.78, 5) is 4.11. The Bertz CT molecular complexity index is 929. The van der Waals surface area contributed by atoms with E-state index in [1.165, 1.54) is 6.20 Å². The first-order chi connectivity index (χ1) is 11.0. The summed E-state index contributed by atoms with van der Waals surface area (Å²) in [5.41, 5.74) is 3.67. The summed E-state index contributed by atoms with van der Waals surface area (Å²) < 4.78 is 27.2. The van der Waals surface area contributed by atoms with Crippen LogP contribution in [0, 0.1) is 13.8 Å². The van der Waals surface area contributed by atoms with Crippen molar-refractivity contribution < 1.29 is 8.42 Å². The fourth-order valence-corrected chi connectivity index (χ4v) is 3.98. The van der Waals surface area contributed by atoms with Gasteiger partial charge in [-0.1, -0.05) is 42.5 Å². The molecule has 0 spiro atoms. The van der Waals surface area contributed by atoms with E-state index in [9.17, 15) is 8.42 Å². The van der Waals surface area contributed by atoms with Crippen LogP contribution >= 0.6 is 0 Å². The topological polar surface area (TPSA) is 52.0 Å². The highest BCUT2D eigenvalue weighted by Crippen LogP contribution is 2.22. The van der Waals surface area contributed by atoms with Gasteiger partial charge in [-0.25, -0.2) is 13.4 Å². The summed E-state index contributed by atoms with van der Waals surface area (Å²) in [6, 6.07) is 15.1. The van der Waals surface area contributed by atoms with Crippen molar-refractivity contribution in [2.75, 3.05) is 0 Å². The highest BCUT2D eigenvalue weighted by Gasteiger charge is 2.22. The number of hydrogen-bond donors (Lipinski definition) is 0. The van der Waals surface area contributed by atoms with Crippen LogP contribution in [0.15, 0.2) is 66.1 Å². The lowest BCUT2D eigenvalue weighted by Gasteiger charge is -2.12. The zero-order chi connectivity index (χ0) is 16.4. The lowest BCUT2D eigenvalue weighted by atomic mass is 10.1. The molecule has 23 heavy (non-hydrogen) atoms. The van der Waals surface area contributed by atoms with E-state index in [0.717, 1.165) is 22.4 Å². The molecule has 118 valence electrons. The van der Waals surface area contributed by atoms with Crippen molar-refractivity contribution in [2.45, 2.75) is 24.8 Å². The van der Waals surface area contributed by atoms with Gasteiger partial charge >= 0.3 is 0 Å². The summed E-state index contributed by atoms with van der Waals surface area (Å²) >= 11 is 0. The zero-order valence-corrected chi connectivity index (χ0v) is 13.9. The molecule has 3 aromatic rings. The minimum absolute atomic E-state index is 0.0598. The van der Waals surface area contributed by atoms with Crippen molar-refractivity contribution in [1.82, 2.24) is 9.55 Å². The maximum atomic E-state index is 12.8. The Hall–Kier alpha value is -2.40. The predicted molar refractivity (Wildman–Crippen MR) is 90.4 cm³/mol. The van der Waals surface area contributed by atoms with Crippen LogP contribution in [0.1, 0.15) is 16.7 Å². The highest BCUT2D eigenvalue weighted by molar-refractivity contribution is 7.90.